The van der Waals surface area contributed by atoms with Crippen LogP contribution in [0, 0.1) is 0 Å². The number of morpholine rings is 1. The maximum absolute atomic E-state index is 12.6. The van der Waals surface area contributed by atoms with Crippen LogP contribution in [0.3, 0.4) is 0 Å². The van der Waals surface area contributed by atoms with Gasteiger partial charge in [0, 0.05) is 30.9 Å². The van der Waals surface area contributed by atoms with Crippen LogP contribution in [0.4, 0.5) is 0 Å². The van der Waals surface area contributed by atoms with Crippen LogP contribution in [0.25, 0.3) is 0 Å². The van der Waals surface area contributed by atoms with Crippen LogP contribution < -0.4 is 5.32 Å². The number of rotatable bonds is 7. The Morgan fingerprint density at radius 1 is 1.28 bits per heavy atom. The van der Waals surface area contributed by atoms with E-state index < -0.39 is 15.3 Å². The normalized spacial score (nSPS) is 16.3. The summed E-state index contributed by atoms with van der Waals surface area (Å²) in [6.07, 6.45) is 1.33. The third-order valence-electron chi connectivity index (χ3n) is 4.39. The first-order valence-electron chi connectivity index (χ1n) is 9.09. The molecule has 0 bridgehead atoms. The number of aromatic nitrogens is 1. The minimum Gasteiger partial charge on any atom is -0.379 e. The number of nitrogens with one attached hydrogen (secondary N) is 1. The summed E-state index contributed by atoms with van der Waals surface area (Å²) in [7, 11) is -3.58. The SMILES string of the molecule is CC(Sc1ccc(S(=O)(=O)N2CCOCC2)cn1)C(=O)NCc1ccccc1Cl. The number of benzene rings is 1. The molecule has 0 aliphatic carbocycles. The van der Waals surface area contributed by atoms with Gasteiger partial charge in [-0.25, -0.2) is 13.4 Å². The zero-order chi connectivity index (χ0) is 20.9. The van der Waals surface area contributed by atoms with Gasteiger partial charge < -0.3 is 10.1 Å². The first kappa shape index (κ1) is 22.0. The summed E-state index contributed by atoms with van der Waals surface area (Å²) >= 11 is 7.36. The number of hydrogen-bond acceptors (Lipinski definition) is 6. The van der Waals surface area contributed by atoms with E-state index in [4.69, 9.17) is 16.3 Å². The standard InChI is InChI=1S/C19H22ClN3O4S2/c1-14(19(24)22-12-15-4-2-3-5-17(15)20)28-18-7-6-16(13-21-18)29(25,26)23-8-10-27-11-9-23/h2-7,13-14H,8-12H2,1H3,(H,22,24). The van der Waals surface area contributed by atoms with Crippen molar-refractivity contribution < 1.29 is 17.9 Å². The molecule has 3 rings (SSSR count). The van der Waals surface area contributed by atoms with Crippen molar-refractivity contribution in [2.24, 2.45) is 0 Å². The van der Waals surface area contributed by atoms with Crippen LogP contribution in [-0.4, -0.2) is 55.2 Å². The number of pyridine rings is 1. The van der Waals surface area contributed by atoms with E-state index in [1.54, 1.807) is 19.1 Å². The number of nitrogens with zero attached hydrogens (tertiary/aromatic N) is 2. The summed E-state index contributed by atoms with van der Waals surface area (Å²) in [6, 6.07) is 10.5. The monoisotopic (exact) mass is 455 g/mol. The molecule has 1 atom stereocenters. The molecule has 1 aliphatic heterocycles. The van der Waals surface area contributed by atoms with Crippen molar-refractivity contribution >= 4 is 39.3 Å². The largest absolute Gasteiger partial charge is 0.379 e. The van der Waals surface area contributed by atoms with Crippen molar-refractivity contribution in [3.63, 3.8) is 0 Å². The maximum Gasteiger partial charge on any atom is 0.244 e. The van der Waals surface area contributed by atoms with E-state index in [-0.39, 0.29) is 10.8 Å². The first-order valence-corrected chi connectivity index (χ1v) is 11.8. The van der Waals surface area contributed by atoms with Crippen molar-refractivity contribution in [3.05, 3.63) is 53.2 Å². The lowest BCUT2D eigenvalue weighted by Gasteiger charge is -2.25. The first-order chi connectivity index (χ1) is 13.9. The second kappa shape index (κ2) is 9.90. The predicted molar refractivity (Wildman–Crippen MR) is 112 cm³/mol. The highest BCUT2D eigenvalue weighted by molar-refractivity contribution is 8.00. The number of amides is 1. The molecule has 10 heteroatoms. The Morgan fingerprint density at radius 2 is 2.00 bits per heavy atom. The molecule has 1 aliphatic rings. The smallest absolute Gasteiger partial charge is 0.244 e. The van der Waals surface area contributed by atoms with Crippen molar-refractivity contribution in [3.8, 4) is 0 Å². The molecule has 1 aromatic heterocycles. The Hall–Kier alpha value is -1.65. The lowest BCUT2D eigenvalue weighted by molar-refractivity contribution is -0.120. The molecule has 156 valence electrons. The number of hydrogen-bond donors (Lipinski definition) is 1. The van der Waals surface area contributed by atoms with E-state index in [0.717, 1.165) is 5.56 Å². The van der Waals surface area contributed by atoms with Gasteiger partial charge in [0.05, 0.1) is 23.5 Å². The van der Waals surface area contributed by atoms with Crippen molar-refractivity contribution in [1.82, 2.24) is 14.6 Å². The second-order valence-electron chi connectivity index (χ2n) is 6.42. The van der Waals surface area contributed by atoms with Gasteiger partial charge in [-0.05, 0) is 30.7 Å². The quantitative estimate of drug-likeness (QED) is 0.645. The summed E-state index contributed by atoms with van der Waals surface area (Å²) in [6.45, 7) is 3.56. The second-order valence-corrected chi connectivity index (χ2v) is 10.1. The van der Waals surface area contributed by atoms with E-state index in [1.807, 2.05) is 18.2 Å². The van der Waals surface area contributed by atoms with E-state index >= 15 is 0 Å². The lowest BCUT2D eigenvalue weighted by atomic mass is 10.2. The number of ether oxygens (including phenoxy) is 1. The Bertz CT molecular complexity index is 948. The van der Waals surface area contributed by atoms with Gasteiger partial charge in [0.2, 0.25) is 15.9 Å². The molecule has 2 heterocycles. The molecule has 0 radical (unpaired) electrons. The van der Waals surface area contributed by atoms with E-state index in [0.29, 0.717) is 42.9 Å². The molecule has 1 fully saturated rings. The van der Waals surface area contributed by atoms with Gasteiger partial charge in [-0.1, -0.05) is 41.6 Å². The van der Waals surface area contributed by atoms with Crippen LogP contribution >= 0.6 is 23.4 Å². The molecule has 1 amide bonds. The Morgan fingerprint density at radius 3 is 2.66 bits per heavy atom. The highest BCUT2D eigenvalue weighted by Crippen LogP contribution is 2.24. The molecular weight excluding hydrogens is 434 g/mol. The molecule has 2 aromatic rings. The molecule has 1 unspecified atom stereocenters. The van der Waals surface area contributed by atoms with Gasteiger partial charge in [-0.3, -0.25) is 4.79 Å². The maximum atomic E-state index is 12.6. The number of carbonyl (C=O) groups is 1. The molecular formula is C19H22ClN3O4S2. The fourth-order valence-electron chi connectivity index (χ4n) is 2.73. The number of carbonyl (C=O) groups excluding carboxylic acids is 1. The fourth-order valence-corrected chi connectivity index (χ4v) is 5.10. The fraction of sp³-hybridized carbons (Fsp3) is 0.368. The van der Waals surface area contributed by atoms with Crippen LogP contribution in [0.1, 0.15) is 12.5 Å². The van der Waals surface area contributed by atoms with E-state index in [9.17, 15) is 13.2 Å². The summed E-state index contributed by atoms with van der Waals surface area (Å²) in [5.41, 5.74) is 0.843. The Balaban J connectivity index is 1.57. The van der Waals surface area contributed by atoms with Crippen LogP contribution in [0.15, 0.2) is 52.5 Å². The zero-order valence-corrected chi connectivity index (χ0v) is 18.3. The van der Waals surface area contributed by atoms with Crippen molar-refractivity contribution in [1.29, 1.82) is 0 Å². The average Bonchev–Trinajstić information content (AvgIpc) is 2.74. The van der Waals surface area contributed by atoms with Crippen LogP contribution in [0.5, 0.6) is 0 Å². The molecule has 29 heavy (non-hydrogen) atoms. The minimum atomic E-state index is -3.58. The molecule has 1 aromatic carbocycles. The van der Waals surface area contributed by atoms with Crippen LogP contribution in [-0.2, 0) is 26.1 Å². The van der Waals surface area contributed by atoms with Gasteiger partial charge in [0.15, 0.2) is 0 Å². The van der Waals surface area contributed by atoms with Gasteiger partial charge in [-0.15, -0.1) is 0 Å². The molecule has 0 saturated carbocycles. The molecule has 1 N–H and O–H groups in total. The lowest BCUT2D eigenvalue weighted by Crippen LogP contribution is -2.40. The zero-order valence-electron chi connectivity index (χ0n) is 15.9. The average molecular weight is 456 g/mol. The Kier molecular flexibility index (Phi) is 7.53. The van der Waals surface area contributed by atoms with Gasteiger partial charge in [0.25, 0.3) is 0 Å². The summed E-state index contributed by atoms with van der Waals surface area (Å²) in [4.78, 5) is 16.7. The van der Waals surface area contributed by atoms with E-state index in [1.165, 1.54) is 28.3 Å². The topological polar surface area (TPSA) is 88.6 Å². The number of sulfonamides is 1. The van der Waals surface area contributed by atoms with Gasteiger partial charge in [0.1, 0.15) is 4.90 Å². The third kappa shape index (κ3) is 5.70. The third-order valence-corrected chi connectivity index (χ3v) is 7.70. The Labute approximate surface area is 179 Å². The highest BCUT2D eigenvalue weighted by atomic mass is 35.5. The summed E-state index contributed by atoms with van der Waals surface area (Å²) < 4.78 is 31.8. The van der Waals surface area contributed by atoms with Crippen LogP contribution in [0.2, 0.25) is 5.02 Å². The minimum absolute atomic E-state index is 0.138. The molecule has 1 saturated heterocycles. The molecule has 0 spiro atoms. The number of thioether (sulfide) groups is 1. The van der Waals surface area contributed by atoms with Crippen molar-refractivity contribution in [2.45, 2.75) is 28.6 Å². The van der Waals surface area contributed by atoms with Crippen molar-refractivity contribution in [2.75, 3.05) is 26.3 Å². The number of halogens is 1. The summed E-state index contributed by atoms with van der Waals surface area (Å²) in [5, 5.41) is 3.63. The molecule has 7 nitrogen and oxygen atoms in total. The van der Waals surface area contributed by atoms with Gasteiger partial charge >= 0.3 is 0 Å². The highest BCUT2D eigenvalue weighted by Gasteiger charge is 2.26. The van der Waals surface area contributed by atoms with E-state index in [2.05, 4.69) is 10.3 Å². The summed E-state index contributed by atoms with van der Waals surface area (Å²) in [5.74, 6) is -0.151. The predicted octanol–water partition coefficient (Wildman–Crippen LogP) is 2.55. The van der Waals surface area contributed by atoms with Gasteiger partial charge in [-0.2, -0.15) is 4.31 Å².